The van der Waals surface area contributed by atoms with Crippen LogP contribution in [0.5, 0.6) is 0 Å². The van der Waals surface area contributed by atoms with E-state index in [1.165, 1.54) is 32.1 Å². The van der Waals surface area contributed by atoms with Crippen LogP contribution in [0, 0.1) is 21.7 Å². The number of hydrogen-bond donors (Lipinski definition) is 1. The van der Waals surface area contributed by atoms with Gasteiger partial charge in [-0.05, 0) is 11.8 Å². The van der Waals surface area contributed by atoms with Gasteiger partial charge in [0.25, 0.3) is 0 Å². The average molecular weight is 751 g/mol. The predicted octanol–water partition coefficient (Wildman–Crippen LogP) is 8.42. The number of hydrogen-bond acceptors (Lipinski definition) is 10. The van der Waals surface area contributed by atoms with Gasteiger partial charge in [-0.2, -0.15) is 0 Å². The lowest BCUT2D eigenvalue weighted by Crippen LogP contribution is -2.25. The molecule has 0 aliphatic heterocycles. The van der Waals surface area contributed by atoms with Crippen molar-refractivity contribution in [2.75, 3.05) is 80.3 Å². The summed E-state index contributed by atoms with van der Waals surface area (Å²) in [6.07, 6.45) is 7.88. The summed E-state index contributed by atoms with van der Waals surface area (Å²) in [5, 5.41) is 8.34. The lowest BCUT2D eigenvalue weighted by atomic mass is 9.89. The summed E-state index contributed by atoms with van der Waals surface area (Å²) >= 11 is 0. The van der Waals surface area contributed by atoms with E-state index in [9.17, 15) is 19.2 Å². The highest BCUT2D eigenvalue weighted by Gasteiger charge is 2.22. The zero-order chi connectivity index (χ0) is 41.3. The van der Waals surface area contributed by atoms with Crippen LogP contribution in [-0.2, 0) is 47.6 Å². The fourth-order valence-corrected chi connectivity index (χ4v) is 3.41. The van der Waals surface area contributed by atoms with E-state index in [2.05, 4.69) is 27.7 Å². The van der Waals surface area contributed by atoms with E-state index >= 15 is 0 Å². The van der Waals surface area contributed by atoms with Crippen molar-refractivity contribution in [1.82, 2.24) is 0 Å². The Morgan fingerprint density at radius 3 is 1.15 bits per heavy atom. The molecule has 0 spiro atoms. The Hall–Kier alpha value is -1.76. The fraction of sp³-hybridized carbons (Fsp3) is 0.902. The van der Waals surface area contributed by atoms with Crippen LogP contribution in [0.2, 0.25) is 0 Å². The monoisotopic (exact) mass is 751 g/mol. The van der Waals surface area contributed by atoms with Gasteiger partial charge in [-0.15, -0.1) is 0 Å². The fourth-order valence-electron chi connectivity index (χ4n) is 3.41. The highest BCUT2D eigenvalue weighted by Crippen LogP contribution is 2.22. The number of ether oxygens (including phenoxy) is 6. The van der Waals surface area contributed by atoms with E-state index in [-0.39, 0.29) is 53.2 Å². The second kappa shape index (κ2) is 33.8. The first kappa shape index (κ1) is 57.0. The van der Waals surface area contributed by atoms with Crippen molar-refractivity contribution in [3.63, 3.8) is 0 Å². The van der Waals surface area contributed by atoms with Crippen LogP contribution in [0.25, 0.3) is 0 Å². The number of aliphatic carboxylic acids is 1. The summed E-state index contributed by atoms with van der Waals surface area (Å²) in [6.45, 7) is 30.5. The molecule has 11 heteroatoms. The van der Waals surface area contributed by atoms with E-state index in [4.69, 9.17) is 33.5 Å². The Kier molecular flexibility index (Phi) is 37.0. The van der Waals surface area contributed by atoms with Crippen molar-refractivity contribution < 1.29 is 52.7 Å². The number of carbonyl (C=O) groups excluding carboxylic acids is 3. The van der Waals surface area contributed by atoms with Crippen LogP contribution in [0.4, 0.5) is 0 Å². The zero-order valence-corrected chi connectivity index (χ0v) is 36.3. The van der Waals surface area contributed by atoms with Crippen LogP contribution in [-0.4, -0.2) is 109 Å². The molecule has 0 unspecified atom stereocenters. The van der Waals surface area contributed by atoms with Gasteiger partial charge in [-0.3, -0.25) is 19.2 Å². The molecule has 0 amide bonds. The van der Waals surface area contributed by atoms with Crippen molar-refractivity contribution in [3.8, 4) is 0 Å². The molecule has 1 N–H and O–H groups in total. The molecular formula is C41H82O11. The summed E-state index contributed by atoms with van der Waals surface area (Å²) in [5.74, 6) is -0.338. The average Bonchev–Trinajstić information content (AvgIpc) is 3.01. The first-order valence-corrected chi connectivity index (χ1v) is 19.0. The molecule has 0 saturated carbocycles. The van der Waals surface area contributed by atoms with Crippen LogP contribution in [0.3, 0.4) is 0 Å². The maximum Gasteiger partial charge on any atom is 0.305 e. The first-order valence-electron chi connectivity index (χ1n) is 19.0. The Balaban J connectivity index is -0.000000301. The zero-order valence-electron chi connectivity index (χ0n) is 36.3. The van der Waals surface area contributed by atoms with E-state index in [1.807, 2.05) is 62.3 Å². The normalized spacial score (nSPS) is 11.7. The molecule has 0 aliphatic carbocycles. The van der Waals surface area contributed by atoms with Crippen LogP contribution in [0.1, 0.15) is 141 Å². The number of carbonyl (C=O) groups is 4. The number of Topliss-reactive ketones (excluding diaryl/α,β-unsaturated/α-hetero) is 3. The Labute approximate surface area is 318 Å². The van der Waals surface area contributed by atoms with Gasteiger partial charge in [0.05, 0.1) is 65.9 Å². The molecule has 0 aliphatic rings. The summed E-state index contributed by atoms with van der Waals surface area (Å²) < 4.78 is 30.1. The summed E-state index contributed by atoms with van der Waals surface area (Å²) in [5.41, 5.74) is -0.313. The smallest absolute Gasteiger partial charge is 0.305 e. The van der Waals surface area contributed by atoms with Gasteiger partial charge >= 0.3 is 5.97 Å². The molecule has 0 saturated heterocycles. The molecule has 0 rings (SSSR count). The third kappa shape index (κ3) is 48.2. The highest BCUT2D eigenvalue weighted by atomic mass is 16.5. The number of unbranched alkanes of at least 4 members (excludes halogenated alkanes) is 3. The van der Waals surface area contributed by atoms with Crippen molar-refractivity contribution in [3.05, 3.63) is 0 Å². The number of methoxy groups -OCH3 is 2. The quantitative estimate of drug-likeness (QED) is 0.0950. The highest BCUT2D eigenvalue weighted by molar-refractivity contribution is 5.85. The topological polar surface area (TPSA) is 144 Å². The second-order valence-corrected chi connectivity index (χ2v) is 16.9. The summed E-state index contributed by atoms with van der Waals surface area (Å²) in [4.78, 5) is 44.3. The Bertz CT molecular complexity index is 873. The molecular weight excluding hydrogens is 668 g/mol. The van der Waals surface area contributed by atoms with Gasteiger partial charge in [-0.1, -0.05) is 116 Å². The van der Waals surface area contributed by atoms with Gasteiger partial charge in [-0.25, -0.2) is 0 Å². The molecule has 0 bridgehead atoms. The molecule has 0 radical (unpaired) electrons. The van der Waals surface area contributed by atoms with Crippen molar-refractivity contribution in [2.24, 2.45) is 21.7 Å². The molecule has 0 atom stereocenters. The van der Waals surface area contributed by atoms with Gasteiger partial charge in [0, 0.05) is 43.3 Å². The molecule has 0 fully saturated rings. The van der Waals surface area contributed by atoms with Crippen LogP contribution in [0.15, 0.2) is 0 Å². The van der Waals surface area contributed by atoms with Gasteiger partial charge in [0.15, 0.2) is 5.78 Å². The standard InChI is InChI=1S/C12H22O5.C10H20O3.C10H22.C9H18O3/c1-12(2,3)10(13)4-6-16-8-9-17-7-5-11(14)15;1-10(2,3)9(11)5-6-13-8-7-12-4;1-5-6-7-8-9-10(2,3)4;1-9(2,3)8(10)7-12-6-5-11-4/h4-9H2,1-3H3,(H,14,15);5-8H2,1-4H3;5-9H2,1-4H3;5-7H2,1-4H3. The minimum absolute atomic E-state index is 0.00249. The number of rotatable bonds is 24. The molecule has 0 aromatic heterocycles. The minimum atomic E-state index is -0.873. The van der Waals surface area contributed by atoms with Crippen LogP contribution < -0.4 is 0 Å². The second-order valence-electron chi connectivity index (χ2n) is 16.9. The summed E-state index contributed by atoms with van der Waals surface area (Å²) in [6, 6.07) is 0. The summed E-state index contributed by atoms with van der Waals surface area (Å²) in [7, 11) is 3.23. The van der Waals surface area contributed by atoms with Gasteiger partial charge in [0.1, 0.15) is 18.2 Å². The van der Waals surface area contributed by atoms with Crippen molar-refractivity contribution in [2.45, 2.75) is 141 Å². The maximum absolute atomic E-state index is 11.5. The van der Waals surface area contributed by atoms with E-state index < -0.39 is 5.97 Å². The Morgan fingerprint density at radius 2 is 0.827 bits per heavy atom. The molecule has 0 aromatic rings. The van der Waals surface area contributed by atoms with Gasteiger partial charge < -0.3 is 33.5 Å². The van der Waals surface area contributed by atoms with E-state index in [0.29, 0.717) is 71.1 Å². The molecule has 312 valence electrons. The minimum Gasteiger partial charge on any atom is -0.481 e. The number of ketones is 3. The number of carboxylic acid groups (broad SMARTS) is 1. The Morgan fingerprint density at radius 1 is 0.462 bits per heavy atom. The molecule has 0 aromatic carbocycles. The third-order valence-electron chi connectivity index (χ3n) is 7.17. The van der Waals surface area contributed by atoms with Crippen LogP contribution >= 0.6 is 0 Å². The lowest BCUT2D eigenvalue weighted by molar-refractivity contribution is -0.138. The molecule has 0 heterocycles. The molecule has 11 nitrogen and oxygen atoms in total. The van der Waals surface area contributed by atoms with E-state index in [0.717, 1.165) is 0 Å². The largest absolute Gasteiger partial charge is 0.481 e. The SMILES string of the molecule is CC(C)(C)C(=O)CCOCCOCCC(=O)O.CCCCCCC(C)(C)C.COCCOCC(=O)C(C)(C)C.COCCOCCC(=O)C(C)(C)C. The maximum atomic E-state index is 11.5. The number of carboxylic acids is 1. The third-order valence-corrected chi connectivity index (χ3v) is 7.17. The predicted molar refractivity (Wildman–Crippen MR) is 210 cm³/mol. The first-order chi connectivity index (χ1) is 23.9. The van der Waals surface area contributed by atoms with Crippen molar-refractivity contribution in [1.29, 1.82) is 0 Å². The molecule has 52 heavy (non-hydrogen) atoms. The van der Waals surface area contributed by atoms with E-state index in [1.54, 1.807) is 14.2 Å². The van der Waals surface area contributed by atoms with Crippen molar-refractivity contribution >= 4 is 23.3 Å². The lowest BCUT2D eigenvalue weighted by Gasteiger charge is -2.17. The van der Waals surface area contributed by atoms with Gasteiger partial charge in [0.2, 0.25) is 0 Å².